The van der Waals surface area contributed by atoms with E-state index in [0.717, 1.165) is 30.6 Å². The predicted octanol–water partition coefficient (Wildman–Crippen LogP) is 3.15. The molecule has 1 aromatic carbocycles. The number of carbonyl (C=O) groups is 3. The molecule has 0 saturated heterocycles. The van der Waals surface area contributed by atoms with Crippen LogP contribution in [0.25, 0.3) is 0 Å². The van der Waals surface area contributed by atoms with E-state index in [1.807, 2.05) is 24.5 Å². The lowest BCUT2D eigenvalue weighted by Crippen LogP contribution is -2.45. The predicted molar refractivity (Wildman–Crippen MR) is 117 cm³/mol. The molecular weight excluding hydrogens is 406 g/mol. The molecule has 1 aliphatic rings. The van der Waals surface area contributed by atoms with Crippen LogP contribution >= 0.6 is 23.1 Å². The van der Waals surface area contributed by atoms with Crippen molar-refractivity contribution in [2.45, 2.75) is 36.0 Å². The molecule has 0 bridgehead atoms. The van der Waals surface area contributed by atoms with Crippen molar-refractivity contribution in [2.75, 3.05) is 24.7 Å². The molecule has 0 aliphatic heterocycles. The maximum atomic E-state index is 12.2. The molecule has 1 saturated carbocycles. The molecule has 0 atom stereocenters. The van der Waals surface area contributed by atoms with Crippen molar-refractivity contribution in [2.24, 2.45) is 0 Å². The van der Waals surface area contributed by atoms with Crippen LogP contribution in [0.4, 0.5) is 5.69 Å². The standard InChI is InChI=1S/C21H25N3O3S2/c1-28-16-8-3-2-7-15(16)24-20(27)19(26)22-13-18(25)23-14-21(10-4-5-11-21)17-9-6-12-29-17/h2-3,6-9,12H,4-5,10-11,13-14H2,1H3,(H,22,26)(H,23,25)(H,24,27). The summed E-state index contributed by atoms with van der Waals surface area (Å²) in [7, 11) is 0. The van der Waals surface area contributed by atoms with Gasteiger partial charge in [0.05, 0.1) is 12.2 Å². The maximum Gasteiger partial charge on any atom is 0.313 e. The highest BCUT2D eigenvalue weighted by molar-refractivity contribution is 7.98. The summed E-state index contributed by atoms with van der Waals surface area (Å²) < 4.78 is 0. The number of hydrogen-bond donors (Lipinski definition) is 3. The zero-order valence-corrected chi connectivity index (χ0v) is 18.0. The Morgan fingerprint density at radius 3 is 2.48 bits per heavy atom. The summed E-state index contributed by atoms with van der Waals surface area (Å²) in [6.07, 6.45) is 6.31. The van der Waals surface area contributed by atoms with Gasteiger partial charge in [0.25, 0.3) is 0 Å². The molecule has 0 spiro atoms. The molecule has 29 heavy (non-hydrogen) atoms. The van der Waals surface area contributed by atoms with E-state index in [1.165, 1.54) is 16.6 Å². The number of rotatable bonds is 7. The normalized spacial score (nSPS) is 14.9. The first-order valence-electron chi connectivity index (χ1n) is 9.57. The van der Waals surface area contributed by atoms with E-state index in [4.69, 9.17) is 0 Å². The molecule has 154 valence electrons. The first kappa shape index (κ1) is 21.4. The average molecular weight is 432 g/mol. The molecule has 8 heteroatoms. The third kappa shape index (κ3) is 5.39. The van der Waals surface area contributed by atoms with Crippen molar-refractivity contribution in [1.82, 2.24) is 10.6 Å². The Bertz CT molecular complexity index is 862. The summed E-state index contributed by atoms with van der Waals surface area (Å²) in [5.41, 5.74) is 0.566. The van der Waals surface area contributed by atoms with Crippen LogP contribution in [-0.4, -0.2) is 37.1 Å². The molecule has 1 fully saturated rings. The molecular formula is C21H25N3O3S2. The highest BCUT2D eigenvalue weighted by atomic mass is 32.2. The average Bonchev–Trinajstić information content (AvgIpc) is 3.43. The Hall–Kier alpha value is -2.32. The number of para-hydroxylation sites is 1. The third-order valence-electron chi connectivity index (χ3n) is 5.20. The van der Waals surface area contributed by atoms with Gasteiger partial charge in [-0.1, -0.05) is 31.0 Å². The van der Waals surface area contributed by atoms with Crippen LogP contribution in [-0.2, 0) is 19.8 Å². The molecule has 1 aromatic heterocycles. The summed E-state index contributed by atoms with van der Waals surface area (Å²) in [6, 6.07) is 11.4. The lowest BCUT2D eigenvalue weighted by atomic mass is 9.84. The minimum atomic E-state index is -0.829. The smallest absolute Gasteiger partial charge is 0.313 e. The lowest BCUT2D eigenvalue weighted by molar-refractivity contribution is -0.136. The van der Waals surface area contributed by atoms with E-state index in [0.29, 0.717) is 12.2 Å². The van der Waals surface area contributed by atoms with Gasteiger partial charge < -0.3 is 16.0 Å². The summed E-state index contributed by atoms with van der Waals surface area (Å²) >= 11 is 3.20. The van der Waals surface area contributed by atoms with Crippen LogP contribution < -0.4 is 16.0 Å². The van der Waals surface area contributed by atoms with Crippen molar-refractivity contribution in [3.05, 3.63) is 46.7 Å². The Kier molecular flexibility index (Phi) is 7.33. The summed E-state index contributed by atoms with van der Waals surface area (Å²) in [6.45, 7) is 0.326. The molecule has 1 aliphatic carbocycles. The van der Waals surface area contributed by atoms with Gasteiger partial charge in [0.1, 0.15) is 0 Å². The van der Waals surface area contributed by atoms with Crippen LogP contribution in [0.2, 0.25) is 0 Å². The fourth-order valence-corrected chi connectivity index (χ4v) is 5.18. The van der Waals surface area contributed by atoms with Crippen molar-refractivity contribution in [3.63, 3.8) is 0 Å². The summed E-state index contributed by atoms with van der Waals surface area (Å²) in [5, 5.41) is 9.97. The fraction of sp³-hybridized carbons (Fsp3) is 0.381. The largest absolute Gasteiger partial charge is 0.354 e. The number of benzene rings is 1. The number of amides is 3. The van der Waals surface area contributed by atoms with Gasteiger partial charge in [0.15, 0.2) is 0 Å². The summed E-state index contributed by atoms with van der Waals surface area (Å²) in [5.74, 6) is -1.91. The first-order chi connectivity index (χ1) is 14.0. The van der Waals surface area contributed by atoms with Gasteiger partial charge in [-0.15, -0.1) is 23.1 Å². The first-order valence-corrected chi connectivity index (χ1v) is 11.7. The number of carbonyl (C=O) groups excluding carboxylic acids is 3. The van der Waals surface area contributed by atoms with Crippen molar-refractivity contribution < 1.29 is 14.4 Å². The Morgan fingerprint density at radius 1 is 1.03 bits per heavy atom. The van der Waals surface area contributed by atoms with E-state index < -0.39 is 11.8 Å². The molecule has 3 N–H and O–H groups in total. The van der Waals surface area contributed by atoms with Crippen LogP contribution in [0.1, 0.15) is 30.6 Å². The zero-order valence-electron chi connectivity index (χ0n) is 16.3. The second kappa shape index (κ2) is 9.93. The number of anilines is 1. The van der Waals surface area contributed by atoms with Crippen LogP contribution in [0, 0.1) is 0 Å². The molecule has 3 amide bonds. The van der Waals surface area contributed by atoms with Crippen molar-refractivity contribution in [1.29, 1.82) is 0 Å². The van der Waals surface area contributed by atoms with E-state index in [1.54, 1.807) is 23.5 Å². The molecule has 6 nitrogen and oxygen atoms in total. The van der Waals surface area contributed by atoms with Crippen LogP contribution in [0.3, 0.4) is 0 Å². The second-order valence-corrected chi connectivity index (χ2v) is 8.87. The van der Waals surface area contributed by atoms with Gasteiger partial charge >= 0.3 is 11.8 Å². The fourth-order valence-electron chi connectivity index (χ4n) is 3.64. The van der Waals surface area contributed by atoms with Crippen LogP contribution in [0.15, 0.2) is 46.7 Å². The highest BCUT2D eigenvalue weighted by Crippen LogP contribution is 2.42. The van der Waals surface area contributed by atoms with E-state index >= 15 is 0 Å². The van der Waals surface area contributed by atoms with Gasteiger partial charge in [0.2, 0.25) is 5.91 Å². The monoisotopic (exact) mass is 431 g/mol. The van der Waals surface area contributed by atoms with Gasteiger partial charge in [-0.2, -0.15) is 0 Å². The van der Waals surface area contributed by atoms with Gasteiger partial charge in [0, 0.05) is 21.7 Å². The Morgan fingerprint density at radius 2 is 1.79 bits per heavy atom. The SMILES string of the molecule is CSc1ccccc1NC(=O)C(=O)NCC(=O)NCC1(c2cccs2)CCCC1. The quantitative estimate of drug-likeness (QED) is 0.464. The van der Waals surface area contributed by atoms with Crippen molar-refractivity contribution in [3.8, 4) is 0 Å². The number of thiophene rings is 1. The topological polar surface area (TPSA) is 87.3 Å². The van der Waals surface area contributed by atoms with E-state index in [2.05, 4.69) is 27.4 Å². The number of hydrogen-bond acceptors (Lipinski definition) is 5. The molecule has 0 unspecified atom stereocenters. The third-order valence-corrected chi connectivity index (χ3v) is 7.11. The van der Waals surface area contributed by atoms with E-state index in [9.17, 15) is 14.4 Å². The van der Waals surface area contributed by atoms with Crippen molar-refractivity contribution >= 4 is 46.5 Å². The van der Waals surface area contributed by atoms with Gasteiger partial charge in [-0.3, -0.25) is 14.4 Å². The van der Waals surface area contributed by atoms with Crippen LogP contribution in [0.5, 0.6) is 0 Å². The highest BCUT2D eigenvalue weighted by Gasteiger charge is 2.36. The Labute approximate surface area is 178 Å². The molecule has 0 radical (unpaired) electrons. The minimum absolute atomic E-state index is 0.00720. The Balaban J connectivity index is 1.47. The number of nitrogens with one attached hydrogen (secondary N) is 3. The maximum absolute atomic E-state index is 12.2. The number of thioether (sulfide) groups is 1. The molecule has 3 rings (SSSR count). The van der Waals surface area contributed by atoms with Gasteiger partial charge in [-0.05, 0) is 42.7 Å². The molecule has 2 aromatic rings. The van der Waals surface area contributed by atoms with E-state index in [-0.39, 0.29) is 17.9 Å². The second-order valence-electron chi connectivity index (χ2n) is 7.08. The molecule has 1 heterocycles. The van der Waals surface area contributed by atoms with Gasteiger partial charge in [-0.25, -0.2) is 0 Å². The minimum Gasteiger partial charge on any atom is -0.354 e. The zero-order chi connectivity index (χ0) is 20.7. The summed E-state index contributed by atoms with van der Waals surface area (Å²) in [4.78, 5) is 38.6. The lowest BCUT2D eigenvalue weighted by Gasteiger charge is -2.28.